The van der Waals surface area contributed by atoms with Crippen molar-refractivity contribution in [1.29, 1.82) is 0 Å². The molecule has 2 fully saturated rings. The maximum atomic E-state index is 11.5. The van der Waals surface area contributed by atoms with Gasteiger partial charge in [-0.25, -0.2) is 4.79 Å². The number of fused-ring (bicyclic) bond motifs is 2. The maximum absolute atomic E-state index is 11.5. The summed E-state index contributed by atoms with van der Waals surface area (Å²) in [7, 11) is 0. The molecule has 1 saturated carbocycles. The van der Waals surface area contributed by atoms with E-state index >= 15 is 0 Å². The first-order valence-corrected chi connectivity index (χ1v) is 9.61. The van der Waals surface area contributed by atoms with E-state index in [0.717, 1.165) is 28.9 Å². The van der Waals surface area contributed by atoms with Crippen molar-refractivity contribution in [3.05, 3.63) is 21.4 Å². The summed E-state index contributed by atoms with van der Waals surface area (Å²) < 4.78 is 0.788. The fourth-order valence-electron chi connectivity index (χ4n) is 4.77. The van der Waals surface area contributed by atoms with E-state index in [1.807, 2.05) is 6.92 Å². The first-order valence-electron chi connectivity index (χ1n) is 8.82. The topological polar surface area (TPSA) is 73.7 Å². The van der Waals surface area contributed by atoms with E-state index in [9.17, 15) is 15.0 Å². The molecule has 1 aromatic heterocycles. The summed E-state index contributed by atoms with van der Waals surface area (Å²) in [6.45, 7) is 12.5. The van der Waals surface area contributed by atoms with Crippen LogP contribution in [-0.4, -0.2) is 34.3 Å². The van der Waals surface area contributed by atoms with Gasteiger partial charge in [0.2, 0.25) is 0 Å². The molecular weight excluding hydrogens is 384 g/mol. The number of aliphatic hydroxyl groups excluding tert-OH is 1. The van der Waals surface area contributed by atoms with Crippen LogP contribution in [0.1, 0.15) is 56.7 Å². The van der Waals surface area contributed by atoms with E-state index in [1.165, 1.54) is 12.8 Å². The minimum Gasteiger partial charge on any atom is -0.479 e. The highest BCUT2D eigenvalue weighted by Gasteiger charge is 2.56. The molecule has 3 atom stereocenters. The van der Waals surface area contributed by atoms with Crippen LogP contribution in [0.5, 0.6) is 0 Å². The number of rotatable bonds is 3. The molecule has 138 valence electrons. The molecule has 0 amide bonds. The van der Waals surface area contributed by atoms with Crippen LogP contribution in [0, 0.1) is 30.6 Å². The number of piperidine rings is 1. The number of hydrogen-bond donors (Lipinski definition) is 2. The van der Waals surface area contributed by atoms with Crippen LogP contribution in [0.3, 0.4) is 0 Å². The standard InChI is InChI=1S/C19H27BrN2O3/c1-10-13(16(23)17(24)25)15(14(20)11(2)21-10)22-8-12-6-7-19(5,9-22)18(12,3)4/h12,16,23H,6-9H2,1-5H3,(H,24,25). The molecule has 2 aliphatic rings. The van der Waals surface area contributed by atoms with Gasteiger partial charge < -0.3 is 15.1 Å². The van der Waals surface area contributed by atoms with Crippen LogP contribution in [0.4, 0.5) is 5.69 Å². The summed E-state index contributed by atoms with van der Waals surface area (Å²) in [5, 5.41) is 19.7. The summed E-state index contributed by atoms with van der Waals surface area (Å²) in [4.78, 5) is 18.2. The van der Waals surface area contributed by atoms with Crippen molar-refractivity contribution in [2.45, 2.75) is 53.6 Å². The lowest BCUT2D eigenvalue weighted by Crippen LogP contribution is -2.52. The fraction of sp³-hybridized carbons (Fsp3) is 0.684. The third-order valence-electron chi connectivity index (χ3n) is 6.93. The normalized spacial score (nSPS) is 28.9. The Labute approximate surface area is 157 Å². The fourth-order valence-corrected chi connectivity index (χ4v) is 5.33. The molecule has 25 heavy (non-hydrogen) atoms. The van der Waals surface area contributed by atoms with Gasteiger partial charge in [-0.1, -0.05) is 20.8 Å². The molecule has 0 aromatic carbocycles. The van der Waals surface area contributed by atoms with Crippen molar-refractivity contribution in [3.8, 4) is 0 Å². The maximum Gasteiger partial charge on any atom is 0.337 e. The Hall–Kier alpha value is -1.14. The average molecular weight is 411 g/mol. The average Bonchev–Trinajstić information content (AvgIpc) is 2.65. The number of pyridine rings is 1. The van der Waals surface area contributed by atoms with Crippen LogP contribution >= 0.6 is 15.9 Å². The molecule has 1 aromatic rings. The van der Waals surface area contributed by atoms with Gasteiger partial charge in [0.1, 0.15) is 0 Å². The van der Waals surface area contributed by atoms with Gasteiger partial charge in [-0.3, -0.25) is 4.98 Å². The van der Waals surface area contributed by atoms with E-state index in [2.05, 4.69) is 46.6 Å². The molecule has 1 aliphatic carbocycles. The Balaban J connectivity index is 2.13. The van der Waals surface area contributed by atoms with Gasteiger partial charge in [0.25, 0.3) is 0 Å². The van der Waals surface area contributed by atoms with E-state index < -0.39 is 12.1 Å². The number of aliphatic carboxylic acids is 1. The molecule has 2 heterocycles. The van der Waals surface area contributed by atoms with Crippen molar-refractivity contribution in [3.63, 3.8) is 0 Å². The van der Waals surface area contributed by atoms with Gasteiger partial charge in [-0.15, -0.1) is 0 Å². The second kappa shape index (κ2) is 5.95. The highest BCUT2D eigenvalue weighted by atomic mass is 79.9. The number of nitrogens with zero attached hydrogens (tertiary/aromatic N) is 2. The van der Waals surface area contributed by atoms with Crippen LogP contribution < -0.4 is 4.90 Å². The minimum absolute atomic E-state index is 0.173. The van der Waals surface area contributed by atoms with E-state index in [4.69, 9.17) is 0 Å². The zero-order chi connectivity index (χ0) is 18.7. The Bertz CT molecular complexity index is 734. The van der Waals surface area contributed by atoms with Crippen molar-refractivity contribution < 1.29 is 15.0 Å². The SMILES string of the molecule is Cc1nc(C)c(C(O)C(=O)O)c(N2CC3CCC(C)(C2)C3(C)C)c1Br. The van der Waals surface area contributed by atoms with Gasteiger partial charge in [0, 0.05) is 24.3 Å². The summed E-state index contributed by atoms with van der Waals surface area (Å²) in [6, 6.07) is 0. The lowest BCUT2D eigenvalue weighted by Gasteiger charge is -2.51. The lowest BCUT2D eigenvalue weighted by molar-refractivity contribution is -0.147. The van der Waals surface area contributed by atoms with Gasteiger partial charge in [-0.05, 0) is 59.4 Å². The van der Waals surface area contributed by atoms with E-state index in [0.29, 0.717) is 17.2 Å². The lowest BCUT2D eigenvalue weighted by atomic mass is 9.63. The van der Waals surface area contributed by atoms with Gasteiger partial charge in [0.05, 0.1) is 15.9 Å². The largest absolute Gasteiger partial charge is 0.479 e. The second-order valence-electron chi connectivity index (χ2n) is 8.50. The second-order valence-corrected chi connectivity index (χ2v) is 9.29. The third kappa shape index (κ3) is 2.69. The number of hydrogen-bond acceptors (Lipinski definition) is 4. The van der Waals surface area contributed by atoms with Crippen molar-refractivity contribution in [2.75, 3.05) is 18.0 Å². The van der Waals surface area contributed by atoms with E-state index in [-0.39, 0.29) is 10.8 Å². The number of aryl methyl sites for hydroxylation is 2. The van der Waals surface area contributed by atoms with E-state index in [1.54, 1.807) is 6.92 Å². The molecule has 3 rings (SSSR count). The van der Waals surface area contributed by atoms with Crippen molar-refractivity contribution in [2.24, 2.45) is 16.7 Å². The molecule has 3 unspecified atom stereocenters. The van der Waals surface area contributed by atoms with Crippen LogP contribution in [0.15, 0.2) is 4.47 Å². The van der Waals surface area contributed by atoms with Crippen LogP contribution in [0.25, 0.3) is 0 Å². The number of aliphatic hydroxyl groups is 1. The van der Waals surface area contributed by atoms with Crippen molar-refractivity contribution in [1.82, 2.24) is 4.98 Å². The number of aromatic nitrogens is 1. The first-order chi connectivity index (χ1) is 11.5. The molecule has 6 heteroatoms. The van der Waals surface area contributed by atoms with Crippen molar-refractivity contribution >= 4 is 27.6 Å². The smallest absolute Gasteiger partial charge is 0.337 e. The highest BCUT2D eigenvalue weighted by Crippen LogP contribution is 2.60. The molecule has 2 bridgehead atoms. The molecular formula is C19H27BrN2O3. The molecule has 5 nitrogen and oxygen atoms in total. The number of carbonyl (C=O) groups is 1. The predicted molar refractivity (Wildman–Crippen MR) is 101 cm³/mol. The Morgan fingerprint density at radius 1 is 1.32 bits per heavy atom. The number of carboxylic acids is 1. The Kier molecular flexibility index (Phi) is 4.44. The highest BCUT2D eigenvalue weighted by molar-refractivity contribution is 9.10. The Morgan fingerprint density at radius 2 is 1.96 bits per heavy atom. The quantitative estimate of drug-likeness (QED) is 0.791. The van der Waals surface area contributed by atoms with Gasteiger partial charge >= 0.3 is 5.97 Å². The molecule has 2 N–H and O–H groups in total. The number of carboxylic acid groups (broad SMARTS) is 1. The number of anilines is 1. The summed E-state index contributed by atoms with van der Waals surface area (Å²) in [5.74, 6) is -0.685. The zero-order valence-corrected chi connectivity index (χ0v) is 17.1. The molecule has 0 spiro atoms. The number of halogens is 1. The molecule has 0 radical (unpaired) electrons. The monoisotopic (exact) mass is 410 g/mol. The van der Waals surface area contributed by atoms with Crippen LogP contribution in [0.2, 0.25) is 0 Å². The third-order valence-corrected chi connectivity index (χ3v) is 7.88. The molecule has 1 aliphatic heterocycles. The van der Waals surface area contributed by atoms with Gasteiger partial charge in [0.15, 0.2) is 6.10 Å². The zero-order valence-electron chi connectivity index (χ0n) is 15.6. The minimum atomic E-state index is -1.57. The van der Waals surface area contributed by atoms with Crippen LogP contribution in [-0.2, 0) is 4.79 Å². The Morgan fingerprint density at radius 3 is 2.52 bits per heavy atom. The summed E-state index contributed by atoms with van der Waals surface area (Å²) in [5.41, 5.74) is 3.04. The molecule has 1 saturated heterocycles. The first kappa shape index (κ1) is 18.6. The summed E-state index contributed by atoms with van der Waals surface area (Å²) in [6.07, 6.45) is 0.802. The predicted octanol–water partition coefficient (Wildman–Crippen LogP) is 3.84. The summed E-state index contributed by atoms with van der Waals surface area (Å²) >= 11 is 3.62. The van der Waals surface area contributed by atoms with Gasteiger partial charge in [-0.2, -0.15) is 0 Å².